The first-order chi connectivity index (χ1) is 17.5. The van der Waals surface area contributed by atoms with Crippen LogP contribution in [-0.2, 0) is 4.74 Å². The highest BCUT2D eigenvalue weighted by atomic mass is 32.1. The zero-order chi connectivity index (χ0) is 25.6. The van der Waals surface area contributed by atoms with Gasteiger partial charge >= 0.3 is 0 Å². The average Bonchev–Trinajstić information content (AvgIpc) is 2.90. The highest BCUT2D eigenvalue weighted by Crippen LogP contribution is 2.14. The molecule has 0 aromatic heterocycles. The number of thiocarbonyl (C=S) groups is 1. The monoisotopic (exact) mass is 507 g/mol. The van der Waals surface area contributed by atoms with Crippen molar-refractivity contribution in [1.29, 1.82) is 0 Å². The molecular formula is C27H29N3O5S. The zero-order valence-electron chi connectivity index (χ0n) is 20.0. The second-order valence-electron chi connectivity index (χ2n) is 7.63. The SMILES string of the molecule is COCCCNC(=O)c1cccc(NC(=S)NC(=O)c2ccc(OCCOc3ccccc3)cc2)c1. The lowest BCUT2D eigenvalue weighted by molar-refractivity contribution is 0.0946. The highest BCUT2D eigenvalue weighted by Gasteiger charge is 2.10. The van der Waals surface area contributed by atoms with Crippen LogP contribution >= 0.6 is 12.2 Å². The fourth-order valence-electron chi connectivity index (χ4n) is 3.13. The van der Waals surface area contributed by atoms with E-state index in [1.165, 1.54) is 0 Å². The molecule has 0 unspecified atom stereocenters. The third-order valence-corrected chi connectivity index (χ3v) is 5.11. The average molecular weight is 508 g/mol. The normalized spacial score (nSPS) is 10.2. The Kier molecular flexibility index (Phi) is 10.7. The summed E-state index contributed by atoms with van der Waals surface area (Å²) in [7, 11) is 1.62. The van der Waals surface area contributed by atoms with E-state index < -0.39 is 0 Å². The predicted molar refractivity (Wildman–Crippen MR) is 143 cm³/mol. The Morgan fingerprint density at radius 3 is 2.17 bits per heavy atom. The molecule has 3 N–H and O–H groups in total. The summed E-state index contributed by atoms with van der Waals surface area (Å²) in [5.74, 6) is 0.851. The zero-order valence-corrected chi connectivity index (χ0v) is 20.8. The standard InChI is InChI=1S/C27H29N3O5S/c1-33-16-6-15-28-25(31)21-7-5-8-22(19-21)29-27(36)30-26(32)20-11-13-24(14-12-20)35-18-17-34-23-9-3-2-4-10-23/h2-5,7-14,19H,6,15-18H2,1H3,(H,28,31)(H2,29,30,32,36). The molecule has 0 heterocycles. The van der Waals surface area contributed by atoms with Crippen LogP contribution in [0.5, 0.6) is 11.5 Å². The van der Waals surface area contributed by atoms with E-state index in [1.54, 1.807) is 55.6 Å². The number of benzene rings is 3. The van der Waals surface area contributed by atoms with Crippen LogP contribution in [0.1, 0.15) is 27.1 Å². The minimum absolute atomic E-state index is 0.121. The molecule has 8 nitrogen and oxygen atoms in total. The van der Waals surface area contributed by atoms with Crippen LogP contribution < -0.4 is 25.4 Å². The number of amides is 2. The first-order valence-corrected chi connectivity index (χ1v) is 11.9. The van der Waals surface area contributed by atoms with Crippen LogP contribution in [0, 0.1) is 0 Å². The van der Waals surface area contributed by atoms with Crippen molar-refractivity contribution in [1.82, 2.24) is 10.6 Å². The molecule has 188 valence electrons. The van der Waals surface area contributed by atoms with Crippen LogP contribution in [0.25, 0.3) is 0 Å². The van der Waals surface area contributed by atoms with E-state index in [0.29, 0.717) is 48.9 Å². The Morgan fingerprint density at radius 1 is 0.778 bits per heavy atom. The molecule has 0 aliphatic rings. The summed E-state index contributed by atoms with van der Waals surface area (Å²) >= 11 is 5.26. The number of hydrogen-bond donors (Lipinski definition) is 3. The van der Waals surface area contributed by atoms with Gasteiger partial charge in [0.2, 0.25) is 0 Å². The molecular weight excluding hydrogens is 478 g/mol. The molecule has 0 saturated heterocycles. The second-order valence-corrected chi connectivity index (χ2v) is 8.03. The van der Waals surface area contributed by atoms with Gasteiger partial charge in [-0.05, 0) is 73.2 Å². The number of carbonyl (C=O) groups is 2. The molecule has 36 heavy (non-hydrogen) atoms. The maximum absolute atomic E-state index is 12.5. The Labute approximate surface area is 216 Å². The molecule has 0 fully saturated rings. The fraction of sp³-hybridized carbons (Fsp3) is 0.222. The minimum atomic E-state index is -0.362. The van der Waals surface area contributed by atoms with Crippen molar-refractivity contribution in [3.8, 4) is 11.5 Å². The molecule has 0 spiro atoms. The van der Waals surface area contributed by atoms with Gasteiger partial charge in [-0.2, -0.15) is 0 Å². The van der Waals surface area contributed by atoms with Crippen molar-refractivity contribution >= 4 is 34.8 Å². The minimum Gasteiger partial charge on any atom is -0.490 e. The lowest BCUT2D eigenvalue weighted by Gasteiger charge is -2.12. The van der Waals surface area contributed by atoms with Gasteiger partial charge in [-0.1, -0.05) is 24.3 Å². The molecule has 9 heteroatoms. The maximum atomic E-state index is 12.5. The van der Waals surface area contributed by atoms with Crippen LogP contribution in [-0.4, -0.2) is 50.4 Å². The van der Waals surface area contributed by atoms with Gasteiger partial charge in [0, 0.05) is 37.1 Å². The molecule has 0 aliphatic carbocycles. The third-order valence-electron chi connectivity index (χ3n) is 4.90. The van der Waals surface area contributed by atoms with E-state index in [4.69, 9.17) is 26.4 Å². The Hall–Kier alpha value is -3.95. The molecule has 0 radical (unpaired) electrons. The van der Waals surface area contributed by atoms with E-state index in [0.717, 1.165) is 12.2 Å². The topological polar surface area (TPSA) is 97.9 Å². The lowest BCUT2D eigenvalue weighted by Crippen LogP contribution is -2.34. The molecule has 2 amide bonds. The molecule has 0 atom stereocenters. The van der Waals surface area contributed by atoms with Gasteiger partial charge in [-0.3, -0.25) is 14.9 Å². The highest BCUT2D eigenvalue weighted by molar-refractivity contribution is 7.80. The third kappa shape index (κ3) is 9.01. The van der Waals surface area contributed by atoms with Gasteiger partial charge in [0.05, 0.1) is 0 Å². The smallest absolute Gasteiger partial charge is 0.257 e. The van der Waals surface area contributed by atoms with E-state index in [1.807, 2.05) is 30.3 Å². The van der Waals surface area contributed by atoms with Gasteiger partial charge in [0.1, 0.15) is 24.7 Å². The molecule has 0 saturated carbocycles. The Bertz CT molecular complexity index is 1140. The second kappa shape index (κ2) is 14.4. The van der Waals surface area contributed by atoms with Crippen LogP contribution in [0.3, 0.4) is 0 Å². The number of hydrogen-bond acceptors (Lipinski definition) is 6. The number of anilines is 1. The van der Waals surface area contributed by atoms with E-state index >= 15 is 0 Å². The number of para-hydroxylation sites is 1. The van der Waals surface area contributed by atoms with Crippen LogP contribution in [0.4, 0.5) is 5.69 Å². The summed E-state index contributed by atoms with van der Waals surface area (Å²) < 4.78 is 16.2. The van der Waals surface area contributed by atoms with Crippen molar-refractivity contribution in [2.24, 2.45) is 0 Å². The summed E-state index contributed by atoms with van der Waals surface area (Å²) in [4.78, 5) is 24.8. The van der Waals surface area contributed by atoms with Crippen molar-refractivity contribution in [3.05, 3.63) is 90.0 Å². The largest absolute Gasteiger partial charge is 0.490 e. The number of ether oxygens (including phenoxy) is 3. The summed E-state index contributed by atoms with van der Waals surface area (Å²) in [6, 6.07) is 23.1. The fourth-order valence-corrected chi connectivity index (χ4v) is 3.35. The Balaban J connectivity index is 1.43. The Morgan fingerprint density at radius 2 is 1.47 bits per heavy atom. The first-order valence-electron chi connectivity index (χ1n) is 11.5. The summed E-state index contributed by atoms with van der Waals surface area (Å²) in [5, 5.41) is 8.52. The molecule has 3 rings (SSSR count). The van der Waals surface area contributed by atoms with Gasteiger partial charge in [-0.25, -0.2) is 0 Å². The van der Waals surface area contributed by atoms with Crippen molar-refractivity contribution < 1.29 is 23.8 Å². The van der Waals surface area contributed by atoms with Gasteiger partial charge in [-0.15, -0.1) is 0 Å². The summed E-state index contributed by atoms with van der Waals surface area (Å²) in [5.41, 5.74) is 1.50. The predicted octanol–water partition coefficient (Wildman–Crippen LogP) is 4.04. The number of carbonyl (C=O) groups excluding carboxylic acids is 2. The maximum Gasteiger partial charge on any atom is 0.257 e. The molecule has 0 bridgehead atoms. The van der Waals surface area contributed by atoms with Crippen molar-refractivity contribution in [2.75, 3.05) is 38.8 Å². The summed E-state index contributed by atoms with van der Waals surface area (Å²) in [6.45, 7) is 1.88. The lowest BCUT2D eigenvalue weighted by atomic mass is 10.2. The molecule has 3 aromatic carbocycles. The first kappa shape index (κ1) is 26.7. The van der Waals surface area contributed by atoms with E-state index in [-0.39, 0.29) is 16.9 Å². The van der Waals surface area contributed by atoms with Crippen molar-refractivity contribution in [2.45, 2.75) is 6.42 Å². The molecule has 0 aliphatic heterocycles. The van der Waals surface area contributed by atoms with Crippen LogP contribution in [0.2, 0.25) is 0 Å². The number of methoxy groups -OCH3 is 1. The van der Waals surface area contributed by atoms with Gasteiger partial charge < -0.3 is 24.8 Å². The summed E-state index contributed by atoms with van der Waals surface area (Å²) in [6.07, 6.45) is 0.728. The van der Waals surface area contributed by atoms with Gasteiger partial charge in [0.15, 0.2) is 5.11 Å². The number of nitrogens with one attached hydrogen (secondary N) is 3. The van der Waals surface area contributed by atoms with Crippen molar-refractivity contribution in [3.63, 3.8) is 0 Å². The van der Waals surface area contributed by atoms with Crippen LogP contribution in [0.15, 0.2) is 78.9 Å². The van der Waals surface area contributed by atoms with E-state index in [2.05, 4.69) is 16.0 Å². The molecule has 3 aromatic rings. The number of rotatable bonds is 12. The quantitative estimate of drug-likeness (QED) is 0.251. The van der Waals surface area contributed by atoms with Gasteiger partial charge in [0.25, 0.3) is 11.8 Å². The van der Waals surface area contributed by atoms with E-state index in [9.17, 15) is 9.59 Å².